The second-order valence-electron chi connectivity index (χ2n) is 10.1. The average Bonchev–Trinajstić information content (AvgIpc) is 2.75. The summed E-state index contributed by atoms with van der Waals surface area (Å²) in [5.74, 6) is -0.808. The van der Waals surface area contributed by atoms with Crippen LogP contribution < -0.4 is 0 Å². The van der Waals surface area contributed by atoms with Crippen molar-refractivity contribution >= 4 is 11.9 Å². The number of fused-ring (bicyclic) bond motifs is 3. The molecule has 0 aromatic heterocycles. The Labute approximate surface area is 161 Å². The van der Waals surface area contributed by atoms with Crippen LogP contribution in [0.4, 0.5) is 0 Å². The van der Waals surface area contributed by atoms with Gasteiger partial charge in [-0.25, -0.2) is 0 Å². The van der Waals surface area contributed by atoms with E-state index in [4.69, 9.17) is 4.74 Å². The number of hydrogen-bond donors (Lipinski definition) is 2. The quantitative estimate of drug-likeness (QED) is 0.569. The van der Waals surface area contributed by atoms with Crippen molar-refractivity contribution in [2.24, 2.45) is 34.0 Å². The molecule has 0 amide bonds. The maximum Gasteiger partial charge on any atom is 0.309 e. The van der Waals surface area contributed by atoms with E-state index in [-0.39, 0.29) is 40.7 Å². The highest BCUT2D eigenvalue weighted by molar-refractivity contribution is 5.75. The highest BCUT2D eigenvalue weighted by Gasteiger charge is 2.70. The molecule has 5 nitrogen and oxygen atoms in total. The van der Waals surface area contributed by atoms with Crippen molar-refractivity contribution in [1.29, 1.82) is 0 Å². The lowest BCUT2D eigenvalue weighted by Gasteiger charge is -2.64. The van der Waals surface area contributed by atoms with Crippen LogP contribution in [0.25, 0.3) is 0 Å². The first kappa shape index (κ1) is 19.0. The topological polar surface area (TPSA) is 83.8 Å². The molecule has 0 saturated heterocycles. The highest BCUT2D eigenvalue weighted by Crippen LogP contribution is 2.72. The summed E-state index contributed by atoms with van der Waals surface area (Å²) in [4.78, 5) is 24.1. The van der Waals surface area contributed by atoms with Crippen LogP contribution in [0, 0.1) is 34.0 Å². The van der Waals surface area contributed by atoms with Gasteiger partial charge in [0, 0.05) is 18.3 Å². The van der Waals surface area contributed by atoms with E-state index in [1.54, 1.807) is 0 Å². The molecule has 0 heterocycles. The summed E-state index contributed by atoms with van der Waals surface area (Å²) in [7, 11) is 0. The normalized spacial score (nSPS) is 51.3. The van der Waals surface area contributed by atoms with Crippen LogP contribution in [-0.4, -0.2) is 34.4 Å². The zero-order valence-electron chi connectivity index (χ0n) is 16.7. The largest absolute Gasteiger partial charge is 0.481 e. The maximum atomic E-state index is 12.2. The summed E-state index contributed by atoms with van der Waals surface area (Å²) in [6.07, 6.45) is 4.82. The number of carbonyl (C=O) groups is 2. The summed E-state index contributed by atoms with van der Waals surface area (Å²) < 4.78 is 5.84. The second-order valence-corrected chi connectivity index (χ2v) is 10.1. The number of carboxylic acids is 1. The zero-order chi connectivity index (χ0) is 19.8. The predicted octanol–water partition coefficient (Wildman–Crippen LogP) is 3.55. The van der Waals surface area contributed by atoms with Gasteiger partial charge >= 0.3 is 11.9 Å². The maximum absolute atomic E-state index is 12.2. The molecule has 0 aromatic rings. The summed E-state index contributed by atoms with van der Waals surface area (Å²) in [5.41, 5.74) is -0.469. The molecule has 4 aliphatic carbocycles. The van der Waals surface area contributed by atoms with E-state index in [0.29, 0.717) is 12.8 Å². The first-order valence-corrected chi connectivity index (χ1v) is 10.3. The van der Waals surface area contributed by atoms with Gasteiger partial charge in [0.25, 0.3) is 0 Å². The van der Waals surface area contributed by atoms with Crippen molar-refractivity contribution in [2.45, 2.75) is 77.9 Å². The monoisotopic (exact) mass is 376 g/mol. The molecule has 0 aliphatic heterocycles. The Morgan fingerprint density at radius 3 is 2.56 bits per heavy atom. The van der Waals surface area contributed by atoms with E-state index in [1.165, 1.54) is 6.92 Å². The van der Waals surface area contributed by atoms with Crippen LogP contribution >= 0.6 is 0 Å². The fraction of sp³-hybridized carbons (Fsp3) is 0.818. The number of carbonyl (C=O) groups excluding carboxylic acids is 1. The fourth-order valence-corrected chi connectivity index (χ4v) is 8.02. The van der Waals surface area contributed by atoms with Gasteiger partial charge in [-0.3, -0.25) is 9.59 Å². The van der Waals surface area contributed by atoms with Crippen molar-refractivity contribution in [1.82, 2.24) is 0 Å². The van der Waals surface area contributed by atoms with E-state index >= 15 is 0 Å². The van der Waals surface area contributed by atoms with Crippen molar-refractivity contribution in [3.05, 3.63) is 12.2 Å². The lowest BCUT2D eigenvalue weighted by Crippen LogP contribution is -2.63. The molecule has 4 saturated carbocycles. The number of carboxylic acid groups (broad SMARTS) is 1. The molecule has 0 aromatic carbocycles. The Morgan fingerprint density at radius 1 is 1.22 bits per heavy atom. The number of ether oxygens (including phenoxy) is 1. The Balaban J connectivity index is 1.83. The minimum Gasteiger partial charge on any atom is -0.481 e. The second kappa shape index (κ2) is 5.82. The van der Waals surface area contributed by atoms with Crippen molar-refractivity contribution in [3.8, 4) is 0 Å². The summed E-state index contributed by atoms with van der Waals surface area (Å²) in [6, 6.07) is 0. The van der Waals surface area contributed by atoms with Gasteiger partial charge in [0.05, 0.1) is 11.5 Å². The van der Waals surface area contributed by atoms with Crippen molar-refractivity contribution < 1.29 is 24.5 Å². The Kier molecular flexibility index (Phi) is 4.09. The number of hydrogen-bond acceptors (Lipinski definition) is 4. The van der Waals surface area contributed by atoms with E-state index in [0.717, 1.165) is 37.7 Å². The molecule has 2 bridgehead atoms. The molecule has 8 atom stereocenters. The lowest BCUT2D eigenvalue weighted by molar-refractivity contribution is -0.220. The van der Waals surface area contributed by atoms with Crippen molar-refractivity contribution in [3.63, 3.8) is 0 Å². The van der Waals surface area contributed by atoms with Gasteiger partial charge in [-0.2, -0.15) is 0 Å². The Hall–Kier alpha value is -1.36. The molecular formula is C22H32O5. The van der Waals surface area contributed by atoms with Crippen LogP contribution in [0.2, 0.25) is 0 Å². The van der Waals surface area contributed by atoms with Gasteiger partial charge in [0.15, 0.2) is 0 Å². The average molecular weight is 376 g/mol. The smallest absolute Gasteiger partial charge is 0.309 e. The van der Waals surface area contributed by atoms with Gasteiger partial charge in [-0.1, -0.05) is 19.9 Å². The standard InChI is InChI=1S/C22H32O5/c1-12-14-10-15(27-13(2)23)17-20(3)7-5-8-21(4,19(25)26)16(20)6-9-22(17,11-14)18(12)24/h14-18,24H,1,5-11H2,2-4H3,(H,25,26)/t14-,15+,16?,17?,18-,20-,21-,22-/m1/s1. The van der Waals surface area contributed by atoms with Gasteiger partial charge in [-0.05, 0) is 68.3 Å². The molecular weight excluding hydrogens is 344 g/mol. The first-order chi connectivity index (χ1) is 12.6. The van der Waals surface area contributed by atoms with Crippen LogP contribution in [0.5, 0.6) is 0 Å². The van der Waals surface area contributed by atoms with Gasteiger partial charge < -0.3 is 14.9 Å². The molecule has 150 valence electrons. The third-order valence-electron chi connectivity index (χ3n) is 8.95. The Bertz CT molecular complexity index is 701. The van der Waals surface area contributed by atoms with Crippen LogP contribution in [0.3, 0.4) is 0 Å². The van der Waals surface area contributed by atoms with Crippen LogP contribution in [0.1, 0.15) is 65.7 Å². The molecule has 1 spiro atoms. The summed E-state index contributed by atoms with van der Waals surface area (Å²) >= 11 is 0. The summed E-state index contributed by atoms with van der Waals surface area (Å²) in [6.45, 7) is 9.72. The number of aliphatic hydroxyl groups is 1. The highest BCUT2D eigenvalue weighted by atomic mass is 16.5. The van der Waals surface area contributed by atoms with E-state index in [2.05, 4.69) is 13.5 Å². The molecule has 4 rings (SSSR count). The fourth-order valence-electron chi connectivity index (χ4n) is 8.02. The SMILES string of the molecule is C=C1[C@@H]2C[C@H](OC(C)=O)C3[C@]4(C)CCC[C@@](C)(C(=O)O)C4CC[C@]3(C2)[C@@H]1O. The summed E-state index contributed by atoms with van der Waals surface area (Å²) in [5, 5.41) is 21.2. The number of aliphatic hydroxyl groups excluding tert-OH is 1. The minimum absolute atomic E-state index is 0.0166. The predicted molar refractivity (Wildman–Crippen MR) is 99.8 cm³/mol. The van der Waals surface area contributed by atoms with E-state index in [9.17, 15) is 19.8 Å². The van der Waals surface area contributed by atoms with Gasteiger partial charge in [-0.15, -0.1) is 0 Å². The molecule has 2 unspecified atom stereocenters. The first-order valence-electron chi connectivity index (χ1n) is 10.3. The lowest BCUT2D eigenvalue weighted by atomic mass is 9.40. The molecule has 0 radical (unpaired) electrons. The Morgan fingerprint density at radius 2 is 1.93 bits per heavy atom. The molecule has 2 N–H and O–H groups in total. The van der Waals surface area contributed by atoms with Crippen molar-refractivity contribution in [2.75, 3.05) is 0 Å². The molecule has 5 heteroatoms. The van der Waals surface area contributed by atoms with Gasteiger partial charge in [0.1, 0.15) is 6.10 Å². The molecule has 4 fully saturated rings. The molecule has 27 heavy (non-hydrogen) atoms. The minimum atomic E-state index is -0.757. The van der Waals surface area contributed by atoms with Crippen LogP contribution in [-0.2, 0) is 14.3 Å². The number of rotatable bonds is 2. The van der Waals surface area contributed by atoms with Gasteiger partial charge in [0.2, 0.25) is 0 Å². The van der Waals surface area contributed by atoms with E-state index in [1.807, 2.05) is 6.92 Å². The third kappa shape index (κ3) is 2.33. The molecule has 4 aliphatic rings. The number of esters is 1. The third-order valence-corrected chi connectivity index (χ3v) is 8.95. The van der Waals surface area contributed by atoms with Crippen LogP contribution in [0.15, 0.2) is 12.2 Å². The number of aliphatic carboxylic acids is 1. The zero-order valence-corrected chi connectivity index (χ0v) is 16.7. The van der Waals surface area contributed by atoms with E-state index < -0.39 is 17.5 Å².